The summed E-state index contributed by atoms with van der Waals surface area (Å²) in [6, 6.07) is 0. The summed E-state index contributed by atoms with van der Waals surface area (Å²) in [6.45, 7) is 3.10. The minimum Gasteiger partial charge on any atom is -0.354 e. The molecule has 1 aromatic heterocycles. The number of hydrogen-bond donors (Lipinski definition) is 1. The molecule has 0 aromatic carbocycles. The van der Waals surface area contributed by atoms with Crippen LogP contribution < -0.4 is 5.32 Å². The Morgan fingerprint density at radius 1 is 0.944 bits per heavy atom. The van der Waals surface area contributed by atoms with Crippen LogP contribution >= 0.6 is 0 Å². The molecule has 0 bridgehead atoms. The van der Waals surface area contributed by atoms with E-state index in [2.05, 4.69) is 22.2 Å². The van der Waals surface area contributed by atoms with Gasteiger partial charge >= 0.3 is 0 Å². The summed E-state index contributed by atoms with van der Waals surface area (Å²) in [5.41, 5.74) is 0. The third kappa shape index (κ3) is 7.20. The molecule has 0 aliphatic carbocycles. The SMILES string of the molecule is CCCCCCCCCCNc1ncc(F)cn1. The maximum atomic E-state index is 12.6. The number of hydrogen-bond acceptors (Lipinski definition) is 3. The molecule has 0 aliphatic rings. The Hall–Kier alpha value is -1.19. The minimum atomic E-state index is -0.396. The Kier molecular flexibility index (Phi) is 8.10. The van der Waals surface area contributed by atoms with Crippen LogP contribution in [0.25, 0.3) is 0 Å². The first-order valence-electron chi connectivity index (χ1n) is 7.04. The van der Waals surface area contributed by atoms with Crippen LogP contribution in [0.1, 0.15) is 58.3 Å². The fourth-order valence-electron chi connectivity index (χ4n) is 1.86. The number of anilines is 1. The molecule has 1 heterocycles. The molecule has 0 radical (unpaired) electrons. The largest absolute Gasteiger partial charge is 0.354 e. The number of rotatable bonds is 10. The predicted octanol–water partition coefficient (Wildman–Crippen LogP) is 4.17. The number of unbranched alkanes of at least 4 members (excludes halogenated alkanes) is 7. The monoisotopic (exact) mass is 253 g/mol. The maximum Gasteiger partial charge on any atom is 0.222 e. The van der Waals surface area contributed by atoms with Gasteiger partial charge in [-0.05, 0) is 6.42 Å². The Balaban J connectivity index is 1.91. The molecule has 0 unspecified atom stereocenters. The molecule has 0 aliphatic heterocycles. The summed E-state index contributed by atoms with van der Waals surface area (Å²) in [4.78, 5) is 7.70. The van der Waals surface area contributed by atoms with E-state index in [9.17, 15) is 4.39 Å². The second kappa shape index (κ2) is 9.80. The second-order valence-electron chi connectivity index (χ2n) is 4.63. The van der Waals surface area contributed by atoms with Gasteiger partial charge < -0.3 is 5.32 Å². The first-order valence-corrected chi connectivity index (χ1v) is 7.04. The Labute approximate surface area is 109 Å². The van der Waals surface area contributed by atoms with E-state index in [1.54, 1.807) is 0 Å². The van der Waals surface area contributed by atoms with Gasteiger partial charge in [-0.3, -0.25) is 0 Å². The predicted molar refractivity (Wildman–Crippen MR) is 73.1 cm³/mol. The van der Waals surface area contributed by atoms with Crippen molar-refractivity contribution in [1.29, 1.82) is 0 Å². The van der Waals surface area contributed by atoms with Crippen molar-refractivity contribution < 1.29 is 4.39 Å². The van der Waals surface area contributed by atoms with Crippen molar-refractivity contribution in [1.82, 2.24) is 9.97 Å². The molecule has 3 nitrogen and oxygen atoms in total. The van der Waals surface area contributed by atoms with Crippen molar-refractivity contribution >= 4 is 5.95 Å². The fraction of sp³-hybridized carbons (Fsp3) is 0.714. The Morgan fingerprint density at radius 2 is 1.50 bits per heavy atom. The lowest BCUT2D eigenvalue weighted by Gasteiger charge is -2.04. The molecule has 0 saturated heterocycles. The fourth-order valence-corrected chi connectivity index (χ4v) is 1.86. The van der Waals surface area contributed by atoms with Crippen molar-refractivity contribution in [2.45, 2.75) is 58.3 Å². The number of halogens is 1. The van der Waals surface area contributed by atoms with E-state index in [-0.39, 0.29) is 0 Å². The molecule has 1 N–H and O–H groups in total. The van der Waals surface area contributed by atoms with Crippen LogP contribution in [0.3, 0.4) is 0 Å². The number of aromatic nitrogens is 2. The zero-order valence-corrected chi connectivity index (χ0v) is 11.3. The van der Waals surface area contributed by atoms with Crippen LogP contribution in [-0.4, -0.2) is 16.5 Å². The van der Waals surface area contributed by atoms with Crippen molar-refractivity contribution in [3.63, 3.8) is 0 Å². The van der Waals surface area contributed by atoms with Crippen LogP contribution in [0.2, 0.25) is 0 Å². The standard InChI is InChI=1S/C14H24FN3/c1-2-3-4-5-6-7-8-9-10-16-14-17-11-13(15)12-18-14/h11-12H,2-10H2,1H3,(H,16,17,18). The number of nitrogens with zero attached hydrogens (tertiary/aromatic N) is 2. The molecule has 0 fully saturated rings. The summed E-state index contributed by atoms with van der Waals surface area (Å²) < 4.78 is 12.6. The van der Waals surface area contributed by atoms with Gasteiger partial charge in [0.1, 0.15) is 0 Å². The van der Waals surface area contributed by atoms with E-state index in [4.69, 9.17) is 0 Å². The minimum absolute atomic E-state index is 0.396. The molecule has 0 spiro atoms. The molecule has 0 saturated carbocycles. The topological polar surface area (TPSA) is 37.8 Å². The van der Waals surface area contributed by atoms with E-state index in [1.807, 2.05) is 0 Å². The highest BCUT2D eigenvalue weighted by Gasteiger charge is 1.96. The van der Waals surface area contributed by atoms with Crippen molar-refractivity contribution in [3.05, 3.63) is 18.2 Å². The summed E-state index contributed by atoms with van der Waals surface area (Å²) in [6.07, 6.45) is 12.8. The van der Waals surface area contributed by atoms with Gasteiger partial charge in [0.25, 0.3) is 0 Å². The van der Waals surface area contributed by atoms with Gasteiger partial charge in [-0.2, -0.15) is 0 Å². The highest BCUT2D eigenvalue weighted by Crippen LogP contribution is 2.08. The lowest BCUT2D eigenvalue weighted by molar-refractivity contribution is 0.580. The van der Waals surface area contributed by atoms with Gasteiger partial charge in [0.15, 0.2) is 5.82 Å². The van der Waals surface area contributed by atoms with Gasteiger partial charge in [0, 0.05) is 6.54 Å². The summed E-state index contributed by atoms with van der Waals surface area (Å²) in [5, 5.41) is 3.09. The van der Waals surface area contributed by atoms with Crippen molar-refractivity contribution in [2.75, 3.05) is 11.9 Å². The third-order valence-corrected chi connectivity index (χ3v) is 2.93. The molecule has 102 valence electrons. The van der Waals surface area contributed by atoms with Gasteiger partial charge in [-0.25, -0.2) is 14.4 Å². The lowest BCUT2D eigenvalue weighted by Crippen LogP contribution is -2.05. The molecular weight excluding hydrogens is 229 g/mol. The Bertz CT molecular complexity index is 300. The normalized spacial score (nSPS) is 10.6. The first-order chi connectivity index (χ1) is 8.83. The van der Waals surface area contributed by atoms with Crippen LogP contribution in [0.4, 0.5) is 10.3 Å². The molecule has 4 heteroatoms. The molecule has 0 amide bonds. The van der Waals surface area contributed by atoms with E-state index < -0.39 is 5.82 Å². The lowest BCUT2D eigenvalue weighted by atomic mass is 10.1. The van der Waals surface area contributed by atoms with Gasteiger partial charge in [-0.1, -0.05) is 51.9 Å². The highest BCUT2D eigenvalue weighted by atomic mass is 19.1. The van der Waals surface area contributed by atoms with E-state index >= 15 is 0 Å². The van der Waals surface area contributed by atoms with E-state index in [0.29, 0.717) is 5.95 Å². The van der Waals surface area contributed by atoms with E-state index in [1.165, 1.54) is 57.3 Å². The zero-order chi connectivity index (χ0) is 13.1. The highest BCUT2D eigenvalue weighted by molar-refractivity contribution is 5.21. The quantitative estimate of drug-likeness (QED) is 0.636. The first kappa shape index (κ1) is 14.9. The molecule has 1 aromatic rings. The third-order valence-electron chi connectivity index (χ3n) is 2.93. The van der Waals surface area contributed by atoms with Crippen LogP contribution in [0.5, 0.6) is 0 Å². The molecular formula is C14H24FN3. The van der Waals surface area contributed by atoms with Gasteiger partial charge in [0.05, 0.1) is 12.4 Å². The van der Waals surface area contributed by atoms with Crippen molar-refractivity contribution in [3.8, 4) is 0 Å². The smallest absolute Gasteiger partial charge is 0.222 e. The maximum absolute atomic E-state index is 12.6. The number of nitrogens with one attached hydrogen (secondary N) is 1. The zero-order valence-electron chi connectivity index (χ0n) is 11.3. The summed E-state index contributed by atoms with van der Waals surface area (Å²) in [5.74, 6) is 0.118. The van der Waals surface area contributed by atoms with Gasteiger partial charge in [-0.15, -0.1) is 0 Å². The summed E-state index contributed by atoms with van der Waals surface area (Å²) >= 11 is 0. The average molecular weight is 253 g/mol. The molecule has 1 rings (SSSR count). The van der Waals surface area contributed by atoms with Gasteiger partial charge in [0.2, 0.25) is 5.95 Å². The Morgan fingerprint density at radius 3 is 2.11 bits per heavy atom. The van der Waals surface area contributed by atoms with Crippen LogP contribution in [0.15, 0.2) is 12.4 Å². The van der Waals surface area contributed by atoms with Crippen LogP contribution in [-0.2, 0) is 0 Å². The molecule has 18 heavy (non-hydrogen) atoms. The van der Waals surface area contributed by atoms with Crippen LogP contribution in [0, 0.1) is 5.82 Å². The summed E-state index contributed by atoms with van der Waals surface area (Å²) in [7, 11) is 0. The van der Waals surface area contributed by atoms with Crippen molar-refractivity contribution in [2.24, 2.45) is 0 Å². The molecule has 0 atom stereocenters. The average Bonchev–Trinajstić information content (AvgIpc) is 2.39. The second-order valence-corrected chi connectivity index (χ2v) is 4.63. The van der Waals surface area contributed by atoms with E-state index in [0.717, 1.165) is 13.0 Å².